The normalized spacial score (nSPS) is 13.1. The predicted molar refractivity (Wildman–Crippen MR) is 155 cm³/mol. The molecule has 4 heteroatoms. The van der Waals surface area contributed by atoms with Crippen molar-refractivity contribution in [2.75, 3.05) is 0 Å². The Hall–Kier alpha value is -4.57. The van der Waals surface area contributed by atoms with Crippen LogP contribution in [0.2, 0.25) is 0 Å². The number of fused-ring (bicyclic) bond motifs is 7. The largest absolute Gasteiger partial charge is 0.310 e. The maximum atomic E-state index is 5.19. The maximum absolute atomic E-state index is 5.19. The van der Waals surface area contributed by atoms with Crippen LogP contribution in [-0.4, -0.2) is 20.8 Å². The molecule has 0 aliphatic carbocycles. The lowest BCUT2D eigenvalue weighted by Gasteiger charge is -2.33. The first-order valence-electron chi connectivity index (χ1n) is 12.9. The molecule has 0 bridgehead atoms. The standard InChI is InChI=1S/C33H22BN3/c1-19-14-15-27-22(16-19)23-17-20(2)18-25-31(23)36(27)28-12-7-13-29-30(28)34(25)24-10-6-11-26-32(24)37(29)33(35-26)21-8-4-3-5-9-21/h3-18H,1-2H3. The molecule has 9 rings (SSSR count). The van der Waals surface area contributed by atoms with Crippen molar-refractivity contribution in [2.45, 2.75) is 13.8 Å². The molecule has 0 radical (unpaired) electrons. The van der Waals surface area contributed by atoms with Crippen LogP contribution in [-0.2, 0) is 0 Å². The van der Waals surface area contributed by atoms with Gasteiger partial charge in [0.1, 0.15) is 5.82 Å². The first-order valence-corrected chi connectivity index (χ1v) is 12.9. The van der Waals surface area contributed by atoms with E-state index in [1.807, 2.05) is 0 Å². The summed E-state index contributed by atoms with van der Waals surface area (Å²) in [6.07, 6.45) is 0. The number of nitrogens with zero attached hydrogens (tertiary/aromatic N) is 3. The first kappa shape index (κ1) is 19.6. The van der Waals surface area contributed by atoms with Crippen LogP contribution < -0.4 is 16.4 Å². The minimum Gasteiger partial charge on any atom is -0.310 e. The van der Waals surface area contributed by atoms with Gasteiger partial charge in [0.25, 0.3) is 6.71 Å². The fourth-order valence-electron chi connectivity index (χ4n) is 7.02. The van der Waals surface area contributed by atoms with E-state index in [-0.39, 0.29) is 6.71 Å². The summed E-state index contributed by atoms with van der Waals surface area (Å²) in [6, 6.07) is 35.7. The molecule has 37 heavy (non-hydrogen) atoms. The second-order valence-electron chi connectivity index (χ2n) is 10.6. The molecule has 0 saturated carbocycles. The Morgan fingerprint density at radius 2 is 1.41 bits per heavy atom. The van der Waals surface area contributed by atoms with Crippen molar-refractivity contribution in [3.63, 3.8) is 0 Å². The minimum absolute atomic E-state index is 0.169. The smallest absolute Gasteiger partial charge is 0.252 e. The lowest BCUT2D eigenvalue weighted by molar-refractivity contribution is 1.09. The maximum Gasteiger partial charge on any atom is 0.252 e. The van der Waals surface area contributed by atoms with E-state index in [1.165, 1.54) is 66.2 Å². The Kier molecular flexibility index (Phi) is 3.50. The minimum atomic E-state index is 0.169. The fraction of sp³-hybridized carbons (Fsp3) is 0.0606. The van der Waals surface area contributed by atoms with Gasteiger partial charge in [-0.05, 0) is 66.6 Å². The average Bonchev–Trinajstić information content (AvgIpc) is 3.46. The molecule has 0 unspecified atom stereocenters. The van der Waals surface area contributed by atoms with Crippen LogP contribution in [0.15, 0.2) is 97.1 Å². The van der Waals surface area contributed by atoms with Crippen LogP contribution in [0.25, 0.3) is 55.6 Å². The predicted octanol–water partition coefficient (Wildman–Crippen LogP) is 5.55. The Morgan fingerprint density at radius 3 is 2.27 bits per heavy atom. The molecule has 0 saturated heterocycles. The highest BCUT2D eigenvalue weighted by Crippen LogP contribution is 2.38. The fourth-order valence-corrected chi connectivity index (χ4v) is 7.02. The summed E-state index contributed by atoms with van der Waals surface area (Å²) in [5, 5.41) is 2.68. The topological polar surface area (TPSA) is 22.8 Å². The molecular weight excluding hydrogens is 449 g/mol. The van der Waals surface area contributed by atoms with Crippen LogP contribution in [0.1, 0.15) is 11.1 Å². The van der Waals surface area contributed by atoms with Crippen LogP contribution in [0.3, 0.4) is 0 Å². The first-order chi connectivity index (χ1) is 18.2. The highest BCUT2D eigenvalue weighted by atomic mass is 15.1. The molecule has 172 valence electrons. The number of hydrogen-bond acceptors (Lipinski definition) is 1. The zero-order valence-corrected chi connectivity index (χ0v) is 20.7. The number of aromatic nitrogens is 3. The third-order valence-corrected chi connectivity index (χ3v) is 8.38. The van der Waals surface area contributed by atoms with Crippen molar-refractivity contribution in [1.29, 1.82) is 0 Å². The Balaban J connectivity index is 1.51. The molecule has 2 aromatic heterocycles. The van der Waals surface area contributed by atoms with E-state index in [0.717, 1.165) is 16.9 Å². The van der Waals surface area contributed by atoms with E-state index in [4.69, 9.17) is 4.98 Å². The molecule has 0 fully saturated rings. The van der Waals surface area contributed by atoms with Gasteiger partial charge in [-0.1, -0.05) is 71.8 Å². The van der Waals surface area contributed by atoms with Gasteiger partial charge in [0.05, 0.1) is 16.6 Å². The van der Waals surface area contributed by atoms with Gasteiger partial charge in [0.2, 0.25) is 0 Å². The van der Waals surface area contributed by atoms with Crippen molar-refractivity contribution in [1.82, 2.24) is 14.1 Å². The summed E-state index contributed by atoms with van der Waals surface area (Å²) in [4.78, 5) is 5.19. The SMILES string of the molecule is Cc1ccc2c(c1)c1cc(C)cc3c1n2-c1cccc2c1B3c1cccc3nc(-c4ccccc4)n-2c13. The Labute approximate surface area is 214 Å². The molecule has 0 spiro atoms. The van der Waals surface area contributed by atoms with Gasteiger partial charge < -0.3 is 4.57 Å². The molecule has 0 atom stereocenters. The number of aryl methyl sites for hydroxylation is 2. The molecule has 3 nitrogen and oxygen atoms in total. The summed E-state index contributed by atoms with van der Waals surface area (Å²) in [5.74, 6) is 1.00. The van der Waals surface area contributed by atoms with Gasteiger partial charge in [-0.25, -0.2) is 4.98 Å². The number of hydrogen-bond donors (Lipinski definition) is 0. The van der Waals surface area contributed by atoms with Crippen molar-refractivity contribution in [2.24, 2.45) is 0 Å². The molecule has 5 aromatic carbocycles. The van der Waals surface area contributed by atoms with Gasteiger partial charge in [0, 0.05) is 33.2 Å². The van der Waals surface area contributed by atoms with Gasteiger partial charge in [-0.2, -0.15) is 0 Å². The van der Waals surface area contributed by atoms with Crippen LogP contribution in [0.4, 0.5) is 0 Å². The number of imidazole rings is 1. The van der Waals surface area contributed by atoms with E-state index >= 15 is 0 Å². The van der Waals surface area contributed by atoms with Crippen molar-refractivity contribution >= 4 is 55.9 Å². The van der Waals surface area contributed by atoms with E-state index in [1.54, 1.807) is 0 Å². The lowest BCUT2D eigenvalue weighted by atomic mass is 9.34. The molecule has 0 N–H and O–H groups in total. The monoisotopic (exact) mass is 471 g/mol. The summed E-state index contributed by atoms with van der Waals surface area (Å²) in [5.41, 5.74) is 15.2. The number of para-hydroxylation sites is 1. The van der Waals surface area contributed by atoms with E-state index in [0.29, 0.717) is 0 Å². The second-order valence-corrected chi connectivity index (χ2v) is 10.6. The lowest BCUT2D eigenvalue weighted by Crippen LogP contribution is -2.59. The highest BCUT2D eigenvalue weighted by Gasteiger charge is 2.40. The third kappa shape index (κ3) is 2.32. The average molecular weight is 471 g/mol. The highest BCUT2D eigenvalue weighted by molar-refractivity contribution is 7.00. The third-order valence-electron chi connectivity index (χ3n) is 8.38. The van der Waals surface area contributed by atoms with E-state index in [2.05, 4.69) is 120 Å². The van der Waals surface area contributed by atoms with Crippen LogP contribution in [0.5, 0.6) is 0 Å². The molecule has 2 aliphatic rings. The second kappa shape index (κ2) is 6.60. The molecule has 7 aromatic rings. The number of rotatable bonds is 1. The van der Waals surface area contributed by atoms with Crippen molar-refractivity contribution in [3.8, 4) is 22.8 Å². The van der Waals surface area contributed by atoms with Gasteiger partial charge >= 0.3 is 0 Å². The summed E-state index contributed by atoms with van der Waals surface area (Å²) in [6.45, 7) is 4.59. The molecule has 4 heterocycles. The summed E-state index contributed by atoms with van der Waals surface area (Å²) in [7, 11) is 0. The summed E-state index contributed by atoms with van der Waals surface area (Å²) < 4.78 is 4.92. The Morgan fingerprint density at radius 1 is 0.622 bits per heavy atom. The van der Waals surface area contributed by atoms with Crippen LogP contribution >= 0.6 is 0 Å². The quantitative estimate of drug-likeness (QED) is 0.288. The molecule has 0 amide bonds. The van der Waals surface area contributed by atoms with Crippen molar-refractivity contribution < 1.29 is 0 Å². The zero-order valence-electron chi connectivity index (χ0n) is 20.7. The van der Waals surface area contributed by atoms with E-state index in [9.17, 15) is 0 Å². The van der Waals surface area contributed by atoms with Crippen molar-refractivity contribution in [3.05, 3.63) is 108 Å². The summed E-state index contributed by atoms with van der Waals surface area (Å²) >= 11 is 0. The molecule has 2 aliphatic heterocycles. The Bertz CT molecular complexity index is 2110. The van der Waals surface area contributed by atoms with Gasteiger partial charge in [-0.3, -0.25) is 4.57 Å². The zero-order chi connectivity index (χ0) is 24.4. The van der Waals surface area contributed by atoms with Gasteiger partial charge in [0.15, 0.2) is 0 Å². The van der Waals surface area contributed by atoms with E-state index < -0.39 is 0 Å². The van der Waals surface area contributed by atoms with Crippen LogP contribution in [0, 0.1) is 13.8 Å². The molecular formula is C33H22BN3. The van der Waals surface area contributed by atoms with Gasteiger partial charge in [-0.15, -0.1) is 0 Å². The number of benzene rings is 5.